The summed E-state index contributed by atoms with van der Waals surface area (Å²) in [5, 5.41) is 4.31. The van der Waals surface area contributed by atoms with Crippen molar-refractivity contribution in [1.82, 2.24) is 0 Å². The van der Waals surface area contributed by atoms with Gasteiger partial charge in [-0.05, 0) is 50.0 Å². The van der Waals surface area contributed by atoms with E-state index in [-0.39, 0.29) is 0 Å². The first-order valence-corrected chi connectivity index (χ1v) is 9.65. The molecule has 0 spiro atoms. The topological polar surface area (TPSA) is 0 Å². The van der Waals surface area contributed by atoms with Crippen LogP contribution in [0.5, 0.6) is 0 Å². The van der Waals surface area contributed by atoms with Gasteiger partial charge in [-0.2, -0.15) is 0 Å². The Morgan fingerprint density at radius 2 is 1.71 bits per heavy atom. The van der Waals surface area contributed by atoms with E-state index in [4.69, 9.17) is 0 Å². The van der Waals surface area contributed by atoms with E-state index in [0.29, 0.717) is 10.9 Å². The summed E-state index contributed by atoms with van der Waals surface area (Å²) >= 11 is 4.01. The van der Waals surface area contributed by atoms with Crippen LogP contribution >= 0.6 is 22.7 Å². The molecule has 2 aromatic heterocycles. The average Bonchev–Trinajstić information content (AvgIpc) is 2.87. The van der Waals surface area contributed by atoms with Gasteiger partial charge in [-0.25, -0.2) is 0 Å². The molecule has 0 unspecified atom stereocenters. The molecule has 0 aliphatic carbocycles. The molecular formula is C14H17S3+. The molecule has 0 nitrogen and oxygen atoms in total. The fourth-order valence-corrected chi connectivity index (χ4v) is 9.93. The predicted molar refractivity (Wildman–Crippen MR) is 80.6 cm³/mol. The van der Waals surface area contributed by atoms with Crippen LogP contribution in [-0.2, 0) is 10.9 Å². The van der Waals surface area contributed by atoms with Gasteiger partial charge in [-0.1, -0.05) is 11.3 Å². The highest BCUT2D eigenvalue weighted by molar-refractivity contribution is 8.00. The highest BCUT2D eigenvalue weighted by atomic mass is 32.2. The van der Waals surface area contributed by atoms with Crippen LogP contribution in [0.1, 0.15) is 38.5 Å². The summed E-state index contributed by atoms with van der Waals surface area (Å²) < 4.78 is 4.79. The van der Waals surface area contributed by atoms with Crippen LogP contribution in [0, 0.1) is 0 Å². The van der Waals surface area contributed by atoms with Gasteiger partial charge in [0.1, 0.15) is 10.5 Å². The van der Waals surface area contributed by atoms with Crippen LogP contribution in [0.2, 0.25) is 0 Å². The lowest BCUT2D eigenvalue weighted by Crippen LogP contribution is -2.39. The van der Waals surface area contributed by atoms with Crippen molar-refractivity contribution in [3.8, 4) is 0 Å². The maximum atomic E-state index is 2.52. The van der Waals surface area contributed by atoms with Gasteiger partial charge in [0.25, 0.3) is 0 Å². The molecular weight excluding hydrogens is 264 g/mol. The van der Waals surface area contributed by atoms with E-state index in [9.17, 15) is 0 Å². The van der Waals surface area contributed by atoms with Crippen molar-refractivity contribution in [2.24, 2.45) is 0 Å². The highest BCUT2D eigenvalue weighted by Crippen LogP contribution is 2.45. The third-order valence-electron chi connectivity index (χ3n) is 4.17. The molecule has 2 aliphatic heterocycles. The number of thiophene rings is 2. The van der Waals surface area contributed by atoms with E-state index in [2.05, 4.69) is 28.8 Å². The van der Waals surface area contributed by atoms with Crippen LogP contribution in [0.3, 0.4) is 0 Å². The summed E-state index contributed by atoms with van der Waals surface area (Å²) in [5.41, 5.74) is 0. The molecule has 0 amide bonds. The van der Waals surface area contributed by atoms with E-state index in [1.54, 1.807) is 4.21 Å². The second kappa shape index (κ2) is 4.29. The first kappa shape index (κ1) is 10.9. The molecule has 90 valence electrons. The van der Waals surface area contributed by atoms with Crippen LogP contribution in [0.4, 0.5) is 0 Å². The molecule has 2 aromatic rings. The Kier molecular flexibility index (Phi) is 2.75. The van der Waals surface area contributed by atoms with Crippen molar-refractivity contribution in [3.63, 3.8) is 0 Å². The molecule has 3 heteroatoms. The zero-order chi connectivity index (χ0) is 11.2. The summed E-state index contributed by atoms with van der Waals surface area (Å²) in [5.74, 6) is 0. The lowest BCUT2D eigenvalue weighted by molar-refractivity contribution is 0.482. The Morgan fingerprint density at radius 3 is 2.35 bits per heavy atom. The normalized spacial score (nSPS) is 33.1. The van der Waals surface area contributed by atoms with Crippen LogP contribution in [0.25, 0.3) is 9.40 Å². The van der Waals surface area contributed by atoms with Crippen molar-refractivity contribution in [2.45, 2.75) is 53.2 Å². The Balaban J connectivity index is 1.75. The second-order valence-corrected chi connectivity index (χ2v) is 10.00. The largest absolute Gasteiger partial charge is 0.211 e. The van der Waals surface area contributed by atoms with Gasteiger partial charge in [0.15, 0.2) is 0 Å². The third kappa shape index (κ3) is 1.78. The summed E-state index contributed by atoms with van der Waals surface area (Å²) in [6, 6.07) is 4.82. The second-order valence-electron chi connectivity index (χ2n) is 5.19. The van der Waals surface area contributed by atoms with Gasteiger partial charge < -0.3 is 0 Å². The Bertz CT molecular complexity index is 474. The first-order valence-electron chi connectivity index (χ1n) is 6.61. The standard InChI is InChI=1S/C14H17S3/c1-3-10-5-2-6-11(4-1)17(10)14-9-13-12(16-14)7-8-15-13/h7-11H,1-6H2/q+1. The zero-order valence-corrected chi connectivity index (χ0v) is 12.3. The summed E-state index contributed by atoms with van der Waals surface area (Å²) in [6.45, 7) is 0. The van der Waals surface area contributed by atoms with Gasteiger partial charge in [0.05, 0.1) is 9.40 Å². The van der Waals surface area contributed by atoms with Gasteiger partial charge in [0, 0.05) is 17.0 Å². The smallest absolute Gasteiger partial charge is 0.143 e. The van der Waals surface area contributed by atoms with E-state index in [0.717, 1.165) is 10.5 Å². The predicted octanol–water partition coefficient (Wildman–Crippen LogP) is 5.05. The lowest BCUT2D eigenvalue weighted by atomic mass is 9.99. The summed E-state index contributed by atoms with van der Waals surface area (Å²) in [7, 11) is 0.610. The Hall–Kier alpha value is 0.01000. The van der Waals surface area contributed by atoms with E-state index in [1.807, 2.05) is 11.3 Å². The lowest BCUT2D eigenvalue weighted by Gasteiger charge is -2.33. The molecule has 4 heterocycles. The van der Waals surface area contributed by atoms with Gasteiger partial charge in [0.2, 0.25) is 4.21 Å². The maximum Gasteiger partial charge on any atom is 0.211 e. The molecule has 4 rings (SSSR count). The average molecular weight is 281 g/mol. The van der Waals surface area contributed by atoms with Crippen molar-refractivity contribution >= 4 is 43.0 Å². The van der Waals surface area contributed by atoms with E-state index >= 15 is 0 Å². The van der Waals surface area contributed by atoms with Gasteiger partial charge in [-0.15, -0.1) is 11.3 Å². The summed E-state index contributed by atoms with van der Waals surface area (Å²) in [4.78, 5) is 0. The van der Waals surface area contributed by atoms with E-state index in [1.165, 1.54) is 47.9 Å². The van der Waals surface area contributed by atoms with Crippen LogP contribution in [-0.4, -0.2) is 10.5 Å². The van der Waals surface area contributed by atoms with Crippen molar-refractivity contribution in [2.75, 3.05) is 0 Å². The number of hydrogen-bond acceptors (Lipinski definition) is 2. The number of hydrogen-bond donors (Lipinski definition) is 0. The van der Waals surface area contributed by atoms with Gasteiger partial charge in [-0.3, -0.25) is 0 Å². The summed E-state index contributed by atoms with van der Waals surface area (Å²) in [6.07, 6.45) is 9.02. The SMILES string of the molecule is c1cc2sc([S+]3C4CCCC3CCC4)cc2s1. The fraction of sp³-hybridized carbons (Fsp3) is 0.571. The monoisotopic (exact) mass is 281 g/mol. The zero-order valence-electron chi connectivity index (χ0n) is 9.85. The molecule has 2 aliphatic rings. The minimum atomic E-state index is 0.610. The van der Waals surface area contributed by atoms with Crippen molar-refractivity contribution < 1.29 is 0 Å². The molecule has 2 fully saturated rings. The van der Waals surface area contributed by atoms with E-state index < -0.39 is 0 Å². The van der Waals surface area contributed by atoms with Crippen molar-refractivity contribution in [1.29, 1.82) is 0 Å². The molecule has 0 N–H and O–H groups in total. The molecule has 2 bridgehead atoms. The quantitative estimate of drug-likeness (QED) is 0.642. The van der Waals surface area contributed by atoms with Gasteiger partial charge >= 0.3 is 0 Å². The van der Waals surface area contributed by atoms with Crippen LogP contribution < -0.4 is 0 Å². The van der Waals surface area contributed by atoms with Crippen molar-refractivity contribution in [3.05, 3.63) is 17.5 Å². The minimum Gasteiger partial charge on any atom is -0.143 e. The fourth-order valence-electron chi connectivity index (χ4n) is 3.40. The molecule has 0 atom stereocenters. The molecule has 0 aromatic carbocycles. The first-order chi connectivity index (χ1) is 8.42. The number of rotatable bonds is 1. The maximum absolute atomic E-state index is 2.52. The van der Waals surface area contributed by atoms with Crippen LogP contribution in [0.15, 0.2) is 21.7 Å². The number of fused-ring (bicyclic) bond motifs is 3. The third-order valence-corrected chi connectivity index (χ3v) is 9.85. The molecule has 2 saturated heterocycles. The Morgan fingerprint density at radius 1 is 1.00 bits per heavy atom. The highest BCUT2D eigenvalue weighted by Gasteiger charge is 2.46. The molecule has 0 radical (unpaired) electrons. The minimum absolute atomic E-state index is 0.610. The molecule has 0 saturated carbocycles. The molecule has 17 heavy (non-hydrogen) atoms. The Labute approximate surface area is 113 Å².